The minimum atomic E-state index is -0.469. The molecule has 0 bridgehead atoms. The number of rotatable bonds is 3. The van der Waals surface area contributed by atoms with Gasteiger partial charge in [0, 0.05) is 6.42 Å². The summed E-state index contributed by atoms with van der Waals surface area (Å²) in [4.78, 5) is 8.47. The van der Waals surface area contributed by atoms with Gasteiger partial charge in [0.05, 0.1) is 25.5 Å². The molecule has 1 aromatic heterocycles. The van der Waals surface area contributed by atoms with E-state index in [-0.39, 0.29) is 6.04 Å². The van der Waals surface area contributed by atoms with Crippen LogP contribution < -0.4 is 10.1 Å². The molecule has 104 valence electrons. The Bertz CT molecular complexity index is 636. The van der Waals surface area contributed by atoms with Gasteiger partial charge in [-0.25, -0.2) is 4.98 Å². The van der Waals surface area contributed by atoms with E-state index in [0.29, 0.717) is 22.7 Å². The lowest BCUT2D eigenvalue weighted by molar-refractivity contribution is 0.165. The third kappa shape index (κ3) is 2.36. The Balaban J connectivity index is 1.88. The van der Waals surface area contributed by atoms with Crippen LogP contribution in [-0.4, -0.2) is 28.3 Å². The number of aliphatic hydroxyl groups is 1. The van der Waals surface area contributed by atoms with Crippen molar-refractivity contribution in [3.8, 4) is 5.88 Å². The monoisotopic (exact) mass is 335 g/mol. The Morgan fingerprint density at radius 2 is 2.20 bits per heavy atom. The number of hydrogen-bond donors (Lipinski definition) is 2. The molecule has 0 saturated heterocycles. The summed E-state index contributed by atoms with van der Waals surface area (Å²) in [6.45, 7) is 0. The third-order valence-corrected chi connectivity index (χ3v) is 3.94. The van der Waals surface area contributed by atoms with Gasteiger partial charge in [-0.1, -0.05) is 24.3 Å². The summed E-state index contributed by atoms with van der Waals surface area (Å²) in [5, 5.41) is 13.4. The third-order valence-electron chi connectivity index (χ3n) is 3.40. The van der Waals surface area contributed by atoms with Crippen LogP contribution in [0, 0.1) is 0 Å². The van der Waals surface area contributed by atoms with Gasteiger partial charge in [-0.15, -0.1) is 0 Å². The number of aliphatic hydroxyl groups excluding tert-OH is 1. The van der Waals surface area contributed by atoms with Gasteiger partial charge in [0.1, 0.15) is 5.82 Å². The number of ether oxygens (including phenoxy) is 1. The first-order valence-electron chi connectivity index (χ1n) is 6.28. The zero-order valence-corrected chi connectivity index (χ0v) is 12.5. The highest BCUT2D eigenvalue weighted by Crippen LogP contribution is 2.34. The van der Waals surface area contributed by atoms with Crippen LogP contribution in [0.5, 0.6) is 5.88 Å². The molecule has 0 fully saturated rings. The molecule has 1 aromatic carbocycles. The Morgan fingerprint density at radius 3 is 3.00 bits per heavy atom. The molecule has 0 saturated carbocycles. The molecular formula is C14H14BrN3O2. The highest BCUT2D eigenvalue weighted by Gasteiger charge is 2.31. The molecule has 2 atom stereocenters. The number of nitrogens with zero attached hydrogens (tertiary/aromatic N) is 2. The molecule has 1 aliphatic carbocycles. The van der Waals surface area contributed by atoms with Crippen LogP contribution in [0.4, 0.5) is 5.82 Å². The topological polar surface area (TPSA) is 67.3 Å². The normalized spacial score (nSPS) is 20.6. The average molecular weight is 336 g/mol. The molecular weight excluding hydrogens is 322 g/mol. The Hall–Kier alpha value is -1.66. The quantitative estimate of drug-likeness (QED) is 0.900. The minimum Gasteiger partial charge on any atom is -0.479 e. The number of fused-ring (bicyclic) bond motifs is 1. The van der Waals surface area contributed by atoms with E-state index < -0.39 is 6.10 Å². The van der Waals surface area contributed by atoms with Crippen LogP contribution in [0.1, 0.15) is 17.2 Å². The largest absolute Gasteiger partial charge is 0.479 e. The van der Waals surface area contributed by atoms with E-state index >= 15 is 0 Å². The lowest BCUT2D eigenvalue weighted by atomic mass is 10.1. The summed E-state index contributed by atoms with van der Waals surface area (Å²) in [5.41, 5.74) is 2.26. The van der Waals surface area contributed by atoms with Crippen molar-refractivity contribution in [1.29, 1.82) is 0 Å². The summed E-state index contributed by atoms with van der Waals surface area (Å²) in [7, 11) is 1.54. The van der Waals surface area contributed by atoms with Crippen molar-refractivity contribution < 1.29 is 9.84 Å². The van der Waals surface area contributed by atoms with E-state index in [4.69, 9.17) is 4.74 Å². The van der Waals surface area contributed by atoms with E-state index in [2.05, 4.69) is 31.2 Å². The van der Waals surface area contributed by atoms with Crippen molar-refractivity contribution in [1.82, 2.24) is 9.97 Å². The highest BCUT2D eigenvalue weighted by atomic mass is 79.9. The summed E-state index contributed by atoms with van der Waals surface area (Å²) in [6.07, 6.45) is 1.79. The molecule has 3 rings (SSSR count). The maximum absolute atomic E-state index is 10.2. The van der Waals surface area contributed by atoms with Gasteiger partial charge < -0.3 is 15.2 Å². The zero-order valence-electron chi connectivity index (χ0n) is 10.9. The summed E-state index contributed by atoms with van der Waals surface area (Å²) in [5.74, 6) is 0.988. The molecule has 0 unspecified atom stereocenters. The predicted molar refractivity (Wildman–Crippen MR) is 78.8 cm³/mol. The van der Waals surface area contributed by atoms with E-state index in [1.807, 2.05) is 24.3 Å². The van der Waals surface area contributed by atoms with E-state index in [1.165, 1.54) is 7.11 Å². The van der Waals surface area contributed by atoms with Crippen LogP contribution in [0.2, 0.25) is 0 Å². The second-order valence-electron chi connectivity index (χ2n) is 4.65. The van der Waals surface area contributed by atoms with E-state index in [1.54, 1.807) is 6.20 Å². The SMILES string of the molecule is COc1nc(N[C@@H]2c3ccccc3C[C@@H]2O)cnc1Br. The van der Waals surface area contributed by atoms with Crippen LogP contribution in [0.15, 0.2) is 35.1 Å². The van der Waals surface area contributed by atoms with Crippen molar-refractivity contribution in [3.63, 3.8) is 0 Å². The minimum absolute atomic E-state index is 0.175. The lowest BCUT2D eigenvalue weighted by Gasteiger charge is -2.18. The first kappa shape index (κ1) is 13.3. The number of methoxy groups -OCH3 is 1. The Morgan fingerprint density at radius 1 is 1.40 bits per heavy atom. The lowest BCUT2D eigenvalue weighted by Crippen LogP contribution is -2.21. The van der Waals surface area contributed by atoms with Crippen molar-refractivity contribution in [2.45, 2.75) is 18.6 Å². The van der Waals surface area contributed by atoms with Gasteiger partial charge in [0.25, 0.3) is 0 Å². The first-order chi connectivity index (χ1) is 9.69. The molecule has 2 N–H and O–H groups in total. The van der Waals surface area contributed by atoms with Crippen molar-refractivity contribution in [2.24, 2.45) is 0 Å². The molecule has 0 aliphatic heterocycles. The fourth-order valence-electron chi connectivity index (χ4n) is 2.46. The van der Waals surface area contributed by atoms with E-state index in [9.17, 15) is 5.11 Å². The highest BCUT2D eigenvalue weighted by molar-refractivity contribution is 9.10. The molecule has 5 nitrogen and oxygen atoms in total. The second kappa shape index (κ2) is 5.38. The van der Waals surface area contributed by atoms with Crippen LogP contribution in [0.3, 0.4) is 0 Å². The van der Waals surface area contributed by atoms with Gasteiger partial charge in [0.2, 0.25) is 5.88 Å². The predicted octanol–water partition coefficient (Wildman–Crippen LogP) is 2.32. The summed E-state index contributed by atoms with van der Waals surface area (Å²) < 4.78 is 5.68. The molecule has 0 amide bonds. The second-order valence-corrected chi connectivity index (χ2v) is 5.40. The maximum Gasteiger partial charge on any atom is 0.249 e. The number of halogens is 1. The molecule has 0 spiro atoms. The fraction of sp³-hybridized carbons (Fsp3) is 0.286. The average Bonchev–Trinajstić information content (AvgIpc) is 2.77. The van der Waals surface area contributed by atoms with Crippen molar-refractivity contribution >= 4 is 21.7 Å². The van der Waals surface area contributed by atoms with E-state index in [0.717, 1.165) is 11.1 Å². The van der Waals surface area contributed by atoms with Crippen molar-refractivity contribution in [3.05, 3.63) is 46.2 Å². The maximum atomic E-state index is 10.2. The number of aromatic nitrogens is 2. The van der Waals surface area contributed by atoms with Crippen LogP contribution in [0.25, 0.3) is 0 Å². The molecule has 1 heterocycles. The smallest absolute Gasteiger partial charge is 0.249 e. The zero-order chi connectivity index (χ0) is 14.1. The summed E-state index contributed by atoms with van der Waals surface area (Å²) >= 11 is 3.27. The van der Waals surface area contributed by atoms with Gasteiger partial charge in [0.15, 0.2) is 4.60 Å². The Labute approximate surface area is 125 Å². The van der Waals surface area contributed by atoms with Gasteiger partial charge in [-0.2, -0.15) is 4.98 Å². The number of anilines is 1. The number of nitrogens with one attached hydrogen (secondary N) is 1. The fourth-order valence-corrected chi connectivity index (χ4v) is 2.82. The first-order valence-corrected chi connectivity index (χ1v) is 7.07. The molecule has 20 heavy (non-hydrogen) atoms. The van der Waals surface area contributed by atoms with Gasteiger partial charge in [-0.05, 0) is 27.1 Å². The molecule has 2 aromatic rings. The van der Waals surface area contributed by atoms with Gasteiger partial charge >= 0.3 is 0 Å². The standard InChI is InChI=1S/C14H14BrN3O2/c1-20-14-13(15)16-7-11(18-14)17-12-9-5-3-2-4-8(9)6-10(12)19/h2-5,7,10,12,19H,6H2,1H3,(H,17,18)/t10-,12+/m0/s1. The molecule has 1 aliphatic rings. The van der Waals surface area contributed by atoms with Crippen molar-refractivity contribution in [2.75, 3.05) is 12.4 Å². The summed E-state index contributed by atoms with van der Waals surface area (Å²) in [6, 6.07) is 7.84. The Kier molecular flexibility index (Phi) is 3.58. The number of benzene rings is 1. The van der Waals surface area contributed by atoms with Crippen LogP contribution in [-0.2, 0) is 6.42 Å². The molecule has 0 radical (unpaired) electrons. The van der Waals surface area contributed by atoms with Crippen LogP contribution >= 0.6 is 15.9 Å². The molecule has 6 heteroatoms. The number of hydrogen-bond acceptors (Lipinski definition) is 5. The van der Waals surface area contributed by atoms with Gasteiger partial charge in [-0.3, -0.25) is 0 Å².